The molecule has 0 saturated carbocycles. The van der Waals surface area contributed by atoms with Crippen molar-refractivity contribution in [3.05, 3.63) is 70.0 Å². The van der Waals surface area contributed by atoms with Gasteiger partial charge in [0.15, 0.2) is 0 Å². The molecule has 29 heavy (non-hydrogen) atoms. The first-order valence-electron chi connectivity index (χ1n) is 8.92. The van der Waals surface area contributed by atoms with Crippen molar-refractivity contribution in [2.75, 3.05) is 18.5 Å². The third kappa shape index (κ3) is 5.05. The third-order valence-electron chi connectivity index (χ3n) is 4.20. The minimum absolute atomic E-state index is 0.128. The molecule has 0 aliphatic rings. The largest absolute Gasteiger partial charge is 0.465 e. The first kappa shape index (κ1) is 21.1. The Balaban J connectivity index is 1.84. The van der Waals surface area contributed by atoms with Gasteiger partial charge in [-0.05, 0) is 43.7 Å². The van der Waals surface area contributed by atoms with Crippen LogP contribution in [0.2, 0.25) is 10.0 Å². The normalized spacial score (nSPS) is 11.9. The Labute approximate surface area is 177 Å². The Morgan fingerprint density at radius 3 is 2.59 bits per heavy atom. The number of carbonyl (C=O) groups excluding carboxylic acids is 1. The van der Waals surface area contributed by atoms with Crippen molar-refractivity contribution in [3.8, 4) is 5.69 Å². The molecule has 0 fully saturated rings. The van der Waals surface area contributed by atoms with Gasteiger partial charge in [-0.3, -0.25) is 4.79 Å². The number of hydrogen-bond acceptors (Lipinski definition) is 5. The summed E-state index contributed by atoms with van der Waals surface area (Å²) >= 11 is 12.8. The number of carbonyl (C=O) groups is 1. The van der Waals surface area contributed by atoms with E-state index in [9.17, 15) is 9.18 Å². The van der Waals surface area contributed by atoms with Crippen LogP contribution in [0.4, 0.5) is 10.1 Å². The molecular formula is C20H19Cl2FN4O2. The zero-order valence-corrected chi connectivity index (χ0v) is 17.3. The van der Waals surface area contributed by atoms with Gasteiger partial charge >= 0.3 is 5.97 Å². The monoisotopic (exact) mass is 436 g/mol. The summed E-state index contributed by atoms with van der Waals surface area (Å²) in [4.78, 5) is 16.5. The van der Waals surface area contributed by atoms with Crippen LogP contribution < -0.4 is 5.32 Å². The van der Waals surface area contributed by atoms with E-state index in [1.807, 2.05) is 0 Å². The fourth-order valence-corrected chi connectivity index (χ4v) is 3.45. The van der Waals surface area contributed by atoms with Crippen LogP contribution in [0.5, 0.6) is 0 Å². The summed E-state index contributed by atoms with van der Waals surface area (Å²) in [5.41, 5.74) is 1.61. The summed E-state index contributed by atoms with van der Waals surface area (Å²) in [6.07, 6.45) is 1.56. The minimum atomic E-state index is -0.726. The van der Waals surface area contributed by atoms with Crippen LogP contribution in [0.25, 0.3) is 5.69 Å². The van der Waals surface area contributed by atoms with Gasteiger partial charge < -0.3 is 10.1 Å². The first-order valence-corrected chi connectivity index (χ1v) is 9.68. The molecule has 1 heterocycles. The molecule has 0 radical (unpaired) electrons. The lowest BCUT2D eigenvalue weighted by Crippen LogP contribution is -2.24. The van der Waals surface area contributed by atoms with Crippen molar-refractivity contribution in [1.82, 2.24) is 14.8 Å². The van der Waals surface area contributed by atoms with Crippen molar-refractivity contribution in [2.45, 2.75) is 19.8 Å². The summed E-state index contributed by atoms with van der Waals surface area (Å²) in [5, 5.41) is 8.02. The SMILES string of the molecule is CCOC(=O)C(CNc1c(Cl)cc(-n2cnc(C)n2)cc1Cl)c1cccc(F)c1. The number of nitrogens with zero attached hydrogens (tertiary/aromatic N) is 3. The van der Waals surface area contributed by atoms with Gasteiger partial charge in [0.25, 0.3) is 0 Å². The van der Waals surface area contributed by atoms with Crippen LogP contribution >= 0.6 is 23.2 Å². The smallest absolute Gasteiger partial charge is 0.315 e. The quantitative estimate of drug-likeness (QED) is 0.539. The number of aryl methyl sites for hydroxylation is 1. The van der Waals surface area contributed by atoms with Gasteiger partial charge in [-0.2, -0.15) is 5.10 Å². The molecule has 0 spiro atoms. The number of nitrogens with one attached hydrogen (secondary N) is 1. The molecule has 0 saturated heterocycles. The molecule has 0 amide bonds. The molecular weight excluding hydrogens is 418 g/mol. The van der Waals surface area contributed by atoms with E-state index in [0.717, 1.165) is 0 Å². The van der Waals surface area contributed by atoms with Gasteiger partial charge in [-0.1, -0.05) is 35.3 Å². The van der Waals surface area contributed by atoms with E-state index in [0.29, 0.717) is 32.8 Å². The Morgan fingerprint density at radius 2 is 2.00 bits per heavy atom. The van der Waals surface area contributed by atoms with E-state index < -0.39 is 17.7 Å². The van der Waals surface area contributed by atoms with E-state index in [2.05, 4.69) is 15.4 Å². The second-order valence-electron chi connectivity index (χ2n) is 6.26. The number of esters is 1. The maximum absolute atomic E-state index is 13.6. The highest BCUT2D eigenvalue weighted by Gasteiger charge is 2.23. The first-order chi connectivity index (χ1) is 13.9. The number of anilines is 1. The Hall–Kier alpha value is -2.64. The molecule has 0 aliphatic heterocycles. The average molecular weight is 437 g/mol. The number of benzene rings is 2. The zero-order valence-electron chi connectivity index (χ0n) is 15.8. The molecule has 0 aliphatic carbocycles. The number of halogens is 3. The molecule has 9 heteroatoms. The Morgan fingerprint density at radius 1 is 1.28 bits per heavy atom. The van der Waals surface area contributed by atoms with Gasteiger partial charge in [-0.15, -0.1) is 0 Å². The fourth-order valence-electron chi connectivity index (χ4n) is 2.84. The molecule has 1 N–H and O–H groups in total. The predicted octanol–water partition coefficient (Wildman–Crippen LogP) is 4.78. The van der Waals surface area contributed by atoms with Gasteiger partial charge in [0.05, 0.1) is 33.9 Å². The molecule has 3 rings (SSSR count). The number of hydrogen-bond donors (Lipinski definition) is 1. The fraction of sp³-hybridized carbons (Fsp3) is 0.250. The molecule has 6 nitrogen and oxygen atoms in total. The Bertz CT molecular complexity index is 1000. The van der Waals surface area contributed by atoms with Crippen LogP contribution in [0.3, 0.4) is 0 Å². The van der Waals surface area contributed by atoms with Crippen molar-refractivity contribution in [1.29, 1.82) is 0 Å². The second kappa shape index (κ2) is 9.24. The zero-order chi connectivity index (χ0) is 21.0. The van der Waals surface area contributed by atoms with E-state index in [4.69, 9.17) is 27.9 Å². The lowest BCUT2D eigenvalue weighted by Gasteiger charge is -2.19. The van der Waals surface area contributed by atoms with Gasteiger partial charge in [0.2, 0.25) is 0 Å². The molecule has 152 valence electrons. The summed E-state index contributed by atoms with van der Waals surface area (Å²) < 4.78 is 20.3. The van der Waals surface area contributed by atoms with Crippen molar-refractivity contribution in [2.24, 2.45) is 0 Å². The second-order valence-corrected chi connectivity index (χ2v) is 7.08. The molecule has 0 bridgehead atoms. The van der Waals surface area contributed by atoms with Gasteiger partial charge in [0, 0.05) is 6.54 Å². The van der Waals surface area contributed by atoms with Crippen molar-refractivity contribution in [3.63, 3.8) is 0 Å². The predicted molar refractivity (Wildman–Crippen MR) is 110 cm³/mol. The summed E-state index contributed by atoms with van der Waals surface area (Å²) in [5.74, 6) is -1.00. The van der Waals surface area contributed by atoms with Gasteiger partial charge in [0.1, 0.15) is 18.0 Å². The van der Waals surface area contributed by atoms with E-state index in [1.165, 1.54) is 12.1 Å². The number of ether oxygens (including phenoxy) is 1. The Kier molecular flexibility index (Phi) is 6.71. The standard InChI is InChI=1S/C20H19Cl2FN4O2/c1-3-29-20(28)16(13-5-4-6-14(23)7-13)10-24-19-17(21)8-15(9-18(19)22)27-11-25-12(2)26-27/h4-9,11,16,24H,3,10H2,1-2H3. The highest BCUT2D eigenvalue weighted by molar-refractivity contribution is 6.39. The van der Waals surface area contributed by atoms with Crippen LogP contribution in [0.1, 0.15) is 24.2 Å². The highest BCUT2D eigenvalue weighted by Crippen LogP contribution is 2.34. The van der Waals surface area contributed by atoms with Crippen molar-refractivity contribution < 1.29 is 13.9 Å². The lowest BCUT2D eigenvalue weighted by atomic mass is 9.99. The molecule has 1 aromatic heterocycles. The van der Waals surface area contributed by atoms with Crippen LogP contribution in [0.15, 0.2) is 42.7 Å². The third-order valence-corrected chi connectivity index (χ3v) is 4.80. The topological polar surface area (TPSA) is 69.0 Å². The molecule has 1 atom stereocenters. The summed E-state index contributed by atoms with van der Waals surface area (Å²) in [7, 11) is 0. The summed E-state index contributed by atoms with van der Waals surface area (Å²) in [6, 6.07) is 9.22. The molecule has 3 aromatic rings. The minimum Gasteiger partial charge on any atom is -0.465 e. The van der Waals surface area contributed by atoms with Gasteiger partial charge in [-0.25, -0.2) is 14.1 Å². The van der Waals surface area contributed by atoms with E-state index in [1.54, 1.807) is 49.1 Å². The lowest BCUT2D eigenvalue weighted by molar-refractivity contribution is -0.144. The van der Waals surface area contributed by atoms with Crippen LogP contribution in [-0.4, -0.2) is 33.9 Å². The molecule has 1 unspecified atom stereocenters. The van der Waals surface area contributed by atoms with E-state index >= 15 is 0 Å². The maximum atomic E-state index is 13.6. The average Bonchev–Trinajstić information content (AvgIpc) is 3.10. The molecule has 2 aromatic carbocycles. The van der Waals surface area contributed by atoms with Crippen LogP contribution in [0, 0.1) is 12.7 Å². The number of rotatable bonds is 7. The maximum Gasteiger partial charge on any atom is 0.315 e. The number of aromatic nitrogens is 3. The van der Waals surface area contributed by atoms with Crippen molar-refractivity contribution >= 4 is 34.9 Å². The van der Waals surface area contributed by atoms with E-state index in [-0.39, 0.29) is 13.2 Å². The van der Waals surface area contributed by atoms with Crippen LogP contribution in [-0.2, 0) is 9.53 Å². The highest BCUT2D eigenvalue weighted by atomic mass is 35.5. The summed E-state index contributed by atoms with van der Waals surface area (Å²) in [6.45, 7) is 3.84.